The van der Waals surface area contributed by atoms with Gasteiger partial charge in [-0.2, -0.15) is 18.2 Å². The van der Waals surface area contributed by atoms with Crippen LogP contribution in [0.5, 0.6) is 0 Å². The number of aromatic nitrogens is 2. The highest BCUT2D eigenvalue weighted by Crippen LogP contribution is 2.38. The first-order valence-corrected chi connectivity index (χ1v) is 5.62. The van der Waals surface area contributed by atoms with E-state index in [1.165, 1.54) is 11.9 Å². The van der Waals surface area contributed by atoms with Gasteiger partial charge in [-0.05, 0) is 19.9 Å². The molecular formula is C10H14F3N3O2. The van der Waals surface area contributed by atoms with E-state index in [2.05, 4.69) is 10.1 Å². The molecular weight excluding hydrogens is 251 g/mol. The molecule has 1 aromatic rings. The predicted molar refractivity (Wildman–Crippen MR) is 54.7 cm³/mol. The fourth-order valence-electron chi connectivity index (χ4n) is 1.53. The second kappa shape index (κ2) is 4.85. The lowest BCUT2D eigenvalue weighted by molar-refractivity contribution is -0.207. The molecule has 1 aliphatic rings. The summed E-state index contributed by atoms with van der Waals surface area (Å²) < 4.78 is 41.4. The first kappa shape index (κ1) is 13.3. The quantitative estimate of drug-likeness (QED) is 0.869. The number of hydrogen-bond donors (Lipinski definition) is 1. The van der Waals surface area contributed by atoms with Crippen LogP contribution in [0.25, 0.3) is 0 Å². The van der Waals surface area contributed by atoms with E-state index in [0.29, 0.717) is 17.6 Å². The highest BCUT2D eigenvalue weighted by atomic mass is 19.4. The molecule has 0 bridgehead atoms. The smallest absolute Gasteiger partial charge is 0.382 e. The van der Waals surface area contributed by atoms with Gasteiger partial charge in [-0.15, -0.1) is 0 Å². The van der Waals surface area contributed by atoms with Crippen LogP contribution >= 0.6 is 0 Å². The number of aliphatic hydroxyl groups is 1. The van der Waals surface area contributed by atoms with Crippen LogP contribution in [-0.4, -0.2) is 46.0 Å². The summed E-state index contributed by atoms with van der Waals surface area (Å²) >= 11 is 0. The molecule has 0 saturated heterocycles. The summed E-state index contributed by atoms with van der Waals surface area (Å²) in [5.41, 5.74) is 0. The minimum atomic E-state index is -4.61. The second-order valence-electron chi connectivity index (χ2n) is 4.58. The first-order chi connectivity index (χ1) is 8.36. The number of likely N-dealkylation sites (N-methyl/N-ethyl adjacent to an activating group) is 1. The van der Waals surface area contributed by atoms with E-state index in [1.54, 1.807) is 0 Å². The summed E-state index contributed by atoms with van der Waals surface area (Å²) in [6.07, 6.45) is -4.93. The van der Waals surface area contributed by atoms with Crippen LogP contribution in [0.3, 0.4) is 0 Å². The van der Waals surface area contributed by atoms with Gasteiger partial charge in [-0.3, -0.25) is 4.90 Å². The van der Waals surface area contributed by atoms with Crippen LogP contribution in [0.4, 0.5) is 13.2 Å². The molecule has 1 aromatic heterocycles. The number of alkyl halides is 3. The molecule has 102 valence electrons. The SMILES string of the molecule is CN(Cc1noc(C2CC2)n1)CC(O)C(F)(F)F. The number of aliphatic hydroxyl groups excluding tert-OH is 1. The van der Waals surface area contributed by atoms with E-state index in [9.17, 15) is 13.2 Å². The zero-order chi connectivity index (χ0) is 13.3. The molecule has 1 fully saturated rings. The largest absolute Gasteiger partial charge is 0.415 e. The van der Waals surface area contributed by atoms with Crippen molar-refractivity contribution in [3.8, 4) is 0 Å². The molecule has 8 heteroatoms. The van der Waals surface area contributed by atoms with Gasteiger partial charge in [0.05, 0.1) is 6.54 Å². The topological polar surface area (TPSA) is 62.4 Å². The summed E-state index contributed by atoms with van der Waals surface area (Å²) in [5.74, 6) is 1.21. The van der Waals surface area contributed by atoms with E-state index in [1.807, 2.05) is 0 Å². The van der Waals surface area contributed by atoms with E-state index in [0.717, 1.165) is 12.8 Å². The molecule has 18 heavy (non-hydrogen) atoms. The van der Waals surface area contributed by atoms with Crippen LogP contribution in [0, 0.1) is 0 Å². The molecule has 0 radical (unpaired) electrons. The van der Waals surface area contributed by atoms with Gasteiger partial charge in [0.1, 0.15) is 0 Å². The maximum atomic E-state index is 12.1. The molecule has 1 heterocycles. The van der Waals surface area contributed by atoms with Crippen molar-refractivity contribution < 1.29 is 22.8 Å². The Morgan fingerprint density at radius 1 is 1.50 bits per heavy atom. The fraction of sp³-hybridized carbons (Fsp3) is 0.800. The third kappa shape index (κ3) is 3.42. The van der Waals surface area contributed by atoms with E-state index in [4.69, 9.17) is 9.63 Å². The Hall–Kier alpha value is -1.15. The molecule has 1 saturated carbocycles. The minimum absolute atomic E-state index is 0.114. The van der Waals surface area contributed by atoms with Crippen LogP contribution < -0.4 is 0 Å². The van der Waals surface area contributed by atoms with E-state index >= 15 is 0 Å². The van der Waals surface area contributed by atoms with Gasteiger partial charge in [0, 0.05) is 12.5 Å². The minimum Gasteiger partial charge on any atom is -0.382 e. The molecule has 1 aliphatic carbocycles. The first-order valence-electron chi connectivity index (χ1n) is 5.62. The third-order valence-corrected chi connectivity index (χ3v) is 2.68. The van der Waals surface area contributed by atoms with Crippen molar-refractivity contribution in [3.63, 3.8) is 0 Å². The Morgan fingerprint density at radius 2 is 2.17 bits per heavy atom. The summed E-state index contributed by atoms with van der Waals surface area (Å²) in [5, 5.41) is 12.6. The number of hydrogen-bond acceptors (Lipinski definition) is 5. The molecule has 1 atom stereocenters. The summed E-state index contributed by atoms with van der Waals surface area (Å²) in [6.45, 7) is -0.403. The van der Waals surface area contributed by atoms with Gasteiger partial charge in [0.25, 0.3) is 0 Å². The molecule has 2 rings (SSSR count). The maximum absolute atomic E-state index is 12.1. The van der Waals surface area contributed by atoms with E-state index < -0.39 is 18.8 Å². The van der Waals surface area contributed by atoms with Crippen molar-refractivity contribution in [2.75, 3.05) is 13.6 Å². The van der Waals surface area contributed by atoms with Crippen LogP contribution in [0.2, 0.25) is 0 Å². The maximum Gasteiger partial charge on any atom is 0.415 e. The monoisotopic (exact) mass is 265 g/mol. The lowest BCUT2D eigenvalue weighted by atomic mass is 10.3. The Morgan fingerprint density at radius 3 is 2.72 bits per heavy atom. The molecule has 0 spiro atoms. The molecule has 1 N–H and O–H groups in total. The summed E-state index contributed by atoms with van der Waals surface area (Å²) in [7, 11) is 1.46. The van der Waals surface area contributed by atoms with E-state index in [-0.39, 0.29) is 6.54 Å². The van der Waals surface area contributed by atoms with Gasteiger partial charge in [0.15, 0.2) is 11.9 Å². The zero-order valence-electron chi connectivity index (χ0n) is 9.81. The average Bonchev–Trinajstić information content (AvgIpc) is 2.99. The Labute approximate surface area is 102 Å². The van der Waals surface area contributed by atoms with Gasteiger partial charge in [0.2, 0.25) is 5.89 Å². The standard InChI is InChI=1S/C10H14F3N3O2/c1-16(4-7(17)10(11,12)13)5-8-14-9(18-15-8)6-2-3-6/h6-7,17H,2-5H2,1H3. The molecule has 5 nitrogen and oxygen atoms in total. The summed E-state index contributed by atoms with van der Waals surface area (Å²) in [4.78, 5) is 5.40. The zero-order valence-corrected chi connectivity index (χ0v) is 9.81. The summed E-state index contributed by atoms with van der Waals surface area (Å²) in [6, 6.07) is 0. The molecule has 0 aliphatic heterocycles. The predicted octanol–water partition coefficient (Wildman–Crippen LogP) is 1.30. The van der Waals surface area contributed by atoms with Gasteiger partial charge in [-0.25, -0.2) is 0 Å². The fourth-order valence-corrected chi connectivity index (χ4v) is 1.53. The number of nitrogens with zero attached hydrogens (tertiary/aromatic N) is 3. The Balaban J connectivity index is 1.84. The second-order valence-corrected chi connectivity index (χ2v) is 4.58. The van der Waals surface area contributed by atoms with Crippen LogP contribution in [0.15, 0.2) is 4.52 Å². The highest BCUT2D eigenvalue weighted by Gasteiger charge is 2.38. The molecule has 0 amide bonds. The van der Waals surface area contributed by atoms with Crippen molar-refractivity contribution in [3.05, 3.63) is 11.7 Å². The van der Waals surface area contributed by atoms with Crippen LogP contribution in [-0.2, 0) is 6.54 Å². The lowest BCUT2D eigenvalue weighted by Crippen LogP contribution is -2.39. The van der Waals surface area contributed by atoms with Gasteiger partial charge < -0.3 is 9.63 Å². The van der Waals surface area contributed by atoms with Crippen molar-refractivity contribution >= 4 is 0 Å². The van der Waals surface area contributed by atoms with Crippen molar-refractivity contribution in [1.29, 1.82) is 0 Å². The van der Waals surface area contributed by atoms with Crippen molar-refractivity contribution in [2.45, 2.75) is 37.6 Å². The number of halogens is 3. The third-order valence-electron chi connectivity index (χ3n) is 2.68. The molecule has 0 aromatic carbocycles. The molecule has 1 unspecified atom stereocenters. The normalized spacial score (nSPS) is 18.3. The van der Waals surface area contributed by atoms with Crippen molar-refractivity contribution in [1.82, 2.24) is 15.0 Å². The lowest BCUT2D eigenvalue weighted by Gasteiger charge is -2.20. The van der Waals surface area contributed by atoms with Gasteiger partial charge in [-0.1, -0.05) is 5.16 Å². The Kier molecular flexibility index (Phi) is 3.58. The Bertz CT molecular complexity index is 403. The van der Waals surface area contributed by atoms with Crippen LogP contribution in [0.1, 0.15) is 30.5 Å². The van der Waals surface area contributed by atoms with Gasteiger partial charge >= 0.3 is 6.18 Å². The highest BCUT2D eigenvalue weighted by molar-refractivity contribution is 5.01. The van der Waals surface area contributed by atoms with Crippen molar-refractivity contribution in [2.24, 2.45) is 0 Å². The average molecular weight is 265 g/mol. The number of rotatable bonds is 5.